The number of nitrogens with one attached hydrogen (secondary N) is 2. The molecule has 17 heavy (non-hydrogen) atoms. The summed E-state index contributed by atoms with van der Waals surface area (Å²) in [6.07, 6.45) is 7.77. The minimum Gasteiger partial charge on any atom is -0.313 e. The molecule has 0 spiro atoms. The third kappa shape index (κ3) is 3.67. The van der Waals surface area contributed by atoms with E-state index in [1.54, 1.807) is 0 Å². The number of hydrogen-bond donors (Lipinski definition) is 2. The Morgan fingerprint density at radius 3 is 2.82 bits per heavy atom. The van der Waals surface area contributed by atoms with Crippen molar-refractivity contribution < 1.29 is 0 Å². The van der Waals surface area contributed by atoms with Crippen LogP contribution in [0.1, 0.15) is 23.2 Å². The average molecular weight is 230 g/mol. The molecule has 0 atom stereocenters. The summed E-state index contributed by atoms with van der Waals surface area (Å²) in [5.74, 6) is 0. The van der Waals surface area contributed by atoms with Crippen molar-refractivity contribution in [3.8, 4) is 0 Å². The normalized spacial score (nSPS) is 10.6. The number of hydrogen-bond acceptors (Lipinski definition) is 3. The monoisotopic (exact) mass is 230 g/mol. The van der Waals surface area contributed by atoms with Crippen molar-refractivity contribution in [1.29, 1.82) is 0 Å². The number of aromatic amines is 1. The third-order valence-corrected chi connectivity index (χ3v) is 2.81. The molecule has 2 aromatic heterocycles. The molecule has 4 nitrogen and oxygen atoms in total. The summed E-state index contributed by atoms with van der Waals surface area (Å²) in [6, 6.07) is 4.07. The van der Waals surface area contributed by atoms with Gasteiger partial charge in [-0.1, -0.05) is 0 Å². The molecule has 2 rings (SSSR count). The number of aromatic nitrogens is 3. The molecule has 0 aliphatic heterocycles. The standard InChI is InChI=1S/C13H18N4/c1-11-13(10-16-17-11)3-2-6-15-9-12-4-7-14-8-5-12/h4-5,7-8,10,15H,2-3,6,9H2,1H3,(H,16,17). The first-order chi connectivity index (χ1) is 8.36. The SMILES string of the molecule is Cc1[nH]ncc1CCCNCc1ccncc1. The van der Waals surface area contributed by atoms with Crippen molar-refractivity contribution in [1.82, 2.24) is 20.5 Å². The maximum atomic E-state index is 4.02. The molecule has 0 bridgehead atoms. The molecule has 0 saturated carbocycles. The lowest BCUT2D eigenvalue weighted by Gasteiger charge is -2.04. The lowest BCUT2D eigenvalue weighted by Crippen LogP contribution is -2.15. The van der Waals surface area contributed by atoms with Gasteiger partial charge < -0.3 is 5.32 Å². The van der Waals surface area contributed by atoms with Crippen molar-refractivity contribution in [3.63, 3.8) is 0 Å². The molecule has 0 unspecified atom stereocenters. The summed E-state index contributed by atoms with van der Waals surface area (Å²) in [6.45, 7) is 3.99. The molecule has 90 valence electrons. The van der Waals surface area contributed by atoms with Gasteiger partial charge in [0.1, 0.15) is 0 Å². The lowest BCUT2D eigenvalue weighted by atomic mass is 10.1. The van der Waals surface area contributed by atoms with E-state index in [1.807, 2.05) is 30.7 Å². The number of nitrogens with zero attached hydrogens (tertiary/aromatic N) is 2. The molecule has 0 aromatic carbocycles. The molecule has 0 saturated heterocycles. The molecule has 4 heteroatoms. The molecule has 0 radical (unpaired) electrons. The number of aryl methyl sites for hydroxylation is 2. The van der Waals surface area contributed by atoms with E-state index in [2.05, 4.69) is 27.4 Å². The van der Waals surface area contributed by atoms with Gasteiger partial charge >= 0.3 is 0 Å². The highest BCUT2D eigenvalue weighted by atomic mass is 15.1. The smallest absolute Gasteiger partial charge is 0.0522 e. The van der Waals surface area contributed by atoms with Gasteiger partial charge in [0.25, 0.3) is 0 Å². The van der Waals surface area contributed by atoms with E-state index in [0.29, 0.717) is 0 Å². The zero-order valence-corrected chi connectivity index (χ0v) is 10.1. The van der Waals surface area contributed by atoms with Gasteiger partial charge in [0.05, 0.1) is 6.20 Å². The van der Waals surface area contributed by atoms with Crippen molar-refractivity contribution in [2.45, 2.75) is 26.3 Å². The first-order valence-corrected chi connectivity index (χ1v) is 5.95. The summed E-state index contributed by atoms with van der Waals surface area (Å²) in [7, 11) is 0. The van der Waals surface area contributed by atoms with Crippen LogP contribution in [0, 0.1) is 6.92 Å². The van der Waals surface area contributed by atoms with Crippen LogP contribution in [0.5, 0.6) is 0 Å². The molecular weight excluding hydrogens is 212 g/mol. The Kier molecular flexibility index (Phi) is 4.27. The Balaban J connectivity index is 1.63. The van der Waals surface area contributed by atoms with Crippen LogP contribution in [0.4, 0.5) is 0 Å². The van der Waals surface area contributed by atoms with Crippen molar-refractivity contribution in [3.05, 3.63) is 47.5 Å². The second-order valence-electron chi connectivity index (χ2n) is 4.16. The summed E-state index contributed by atoms with van der Waals surface area (Å²) >= 11 is 0. The fraction of sp³-hybridized carbons (Fsp3) is 0.385. The van der Waals surface area contributed by atoms with Crippen LogP contribution in [0.3, 0.4) is 0 Å². The number of H-pyrrole nitrogens is 1. The van der Waals surface area contributed by atoms with E-state index in [4.69, 9.17) is 0 Å². The molecule has 2 heterocycles. The average Bonchev–Trinajstić information content (AvgIpc) is 2.76. The number of rotatable bonds is 6. The zero-order valence-electron chi connectivity index (χ0n) is 10.1. The first-order valence-electron chi connectivity index (χ1n) is 5.95. The van der Waals surface area contributed by atoms with Crippen LogP contribution in [0.15, 0.2) is 30.7 Å². The zero-order chi connectivity index (χ0) is 11.9. The van der Waals surface area contributed by atoms with E-state index in [0.717, 1.165) is 25.9 Å². The largest absolute Gasteiger partial charge is 0.313 e. The first kappa shape index (κ1) is 11.8. The minimum atomic E-state index is 0.910. The van der Waals surface area contributed by atoms with E-state index >= 15 is 0 Å². The fourth-order valence-corrected chi connectivity index (χ4v) is 1.76. The quantitative estimate of drug-likeness (QED) is 0.744. The Morgan fingerprint density at radius 2 is 2.12 bits per heavy atom. The van der Waals surface area contributed by atoms with Gasteiger partial charge in [0, 0.05) is 24.6 Å². The van der Waals surface area contributed by atoms with Crippen LogP contribution in [0.25, 0.3) is 0 Å². The molecule has 0 aliphatic carbocycles. The Labute approximate surface area is 101 Å². The molecule has 0 amide bonds. The molecule has 2 N–H and O–H groups in total. The van der Waals surface area contributed by atoms with Gasteiger partial charge in [-0.25, -0.2) is 0 Å². The summed E-state index contributed by atoms with van der Waals surface area (Å²) < 4.78 is 0. The van der Waals surface area contributed by atoms with Crippen molar-refractivity contribution in [2.24, 2.45) is 0 Å². The lowest BCUT2D eigenvalue weighted by molar-refractivity contribution is 0.648. The Morgan fingerprint density at radius 1 is 1.29 bits per heavy atom. The van der Waals surface area contributed by atoms with E-state index in [1.165, 1.54) is 16.8 Å². The van der Waals surface area contributed by atoms with E-state index < -0.39 is 0 Å². The van der Waals surface area contributed by atoms with Crippen LogP contribution in [-0.2, 0) is 13.0 Å². The van der Waals surface area contributed by atoms with Gasteiger partial charge in [-0.3, -0.25) is 10.1 Å². The van der Waals surface area contributed by atoms with Crippen molar-refractivity contribution in [2.75, 3.05) is 6.54 Å². The predicted octanol–water partition coefficient (Wildman–Crippen LogP) is 1.84. The van der Waals surface area contributed by atoms with E-state index in [-0.39, 0.29) is 0 Å². The molecule has 0 fully saturated rings. The van der Waals surface area contributed by atoms with E-state index in [9.17, 15) is 0 Å². The number of pyridine rings is 1. The van der Waals surface area contributed by atoms with Gasteiger partial charge in [-0.05, 0) is 49.6 Å². The van der Waals surface area contributed by atoms with Crippen LogP contribution in [0.2, 0.25) is 0 Å². The van der Waals surface area contributed by atoms with Gasteiger partial charge in [0.2, 0.25) is 0 Å². The second-order valence-corrected chi connectivity index (χ2v) is 4.16. The van der Waals surface area contributed by atoms with Crippen LogP contribution in [-0.4, -0.2) is 21.7 Å². The molecule has 0 aliphatic rings. The van der Waals surface area contributed by atoms with Gasteiger partial charge in [-0.2, -0.15) is 5.10 Å². The third-order valence-electron chi connectivity index (χ3n) is 2.81. The highest BCUT2D eigenvalue weighted by Crippen LogP contribution is 2.05. The topological polar surface area (TPSA) is 53.6 Å². The highest BCUT2D eigenvalue weighted by molar-refractivity contribution is 5.14. The maximum absolute atomic E-state index is 4.02. The summed E-state index contributed by atoms with van der Waals surface area (Å²) in [4.78, 5) is 4.00. The Bertz CT molecular complexity index is 436. The highest BCUT2D eigenvalue weighted by Gasteiger charge is 1.99. The molecule has 2 aromatic rings. The van der Waals surface area contributed by atoms with Crippen LogP contribution >= 0.6 is 0 Å². The van der Waals surface area contributed by atoms with Crippen LogP contribution < -0.4 is 5.32 Å². The minimum absolute atomic E-state index is 0.910. The Hall–Kier alpha value is -1.68. The summed E-state index contributed by atoms with van der Waals surface area (Å²) in [5.41, 5.74) is 3.77. The second kappa shape index (κ2) is 6.15. The maximum Gasteiger partial charge on any atom is 0.0522 e. The summed E-state index contributed by atoms with van der Waals surface area (Å²) in [5, 5.41) is 10.4. The molecular formula is C13H18N4. The van der Waals surface area contributed by atoms with Gasteiger partial charge in [-0.15, -0.1) is 0 Å². The van der Waals surface area contributed by atoms with Crippen molar-refractivity contribution >= 4 is 0 Å². The predicted molar refractivity (Wildman–Crippen MR) is 67.6 cm³/mol. The van der Waals surface area contributed by atoms with Gasteiger partial charge in [0.15, 0.2) is 0 Å². The fourth-order valence-electron chi connectivity index (χ4n) is 1.76.